The van der Waals surface area contributed by atoms with E-state index in [1.165, 1.54) is 11.2 Å². The van der Waals surface area contributed by atoms with E-state index in [0.717, 1.165) is 22.3 Å². The maximum Gasteiger partial charge on any atom is 0.296 e. The molecule has 1 fully saturated rings. The fraction of sp³-hybridized carbons (Fsp3) is 0.212. The highest BCUT2D eigenvalue weighted by atomic mass is 16.5. The number of ketones is 1. The van der Waals surface area contributed by atoms with Crippen molar-refractivity contribution in [2.45, 2.75) is 45.9 Å². The van der Waals surface area contributed by atoms with Gasteiger partial charge in [0.15, 0.2) is 0 Å². The van der Waals surface area contributed by atoms with Crippen LogP contribution in [0.5, 0.6) is 5.75 Å². The van der Waals surface area contributed by atoms with E-state index in [9.17, 15) is 14.7 Å². The molecule has 198 valence electrons. The number of benzene rings is 3. The fourth-order valence-electron chi connectivity index (χ4n) is 4.86. The van der Waals surface area contributed by atoms with Crippen LogP contribution in [-0.4, -0.2) is 21.7 Å². The Bertz CT molecular complexity index is 1500. The molecule has 6 heteroatoms. The maximum atomic E-state index is 13.3. The molecule has 1 amide bonds. The second kappa shape index (κ2) is 11.0. The smallest absolute Gasteiger partial charge is 0.296 e. The first-order valence-corrected chi connectivity index (χ1v) is 13.0. The van der Waals surface area contributed by atoms with Crippen LogP contribution in [0.25, 0.3) is 5.76 Å². The van der Waals surface area contributed by atoms with Crippen LogP contribution in [0.2, 0.25) is 0 Å². The Hall–Kier alpha value is -4.58. The van der Waals surface area contributed by atoms with Crippen LogP contribution in [0.1, 0.15) is 59.4 Å². The molecule has 1 aliphatic heterocycles. The minimum atomic E-state index is -0.756. The molecule has 1 aliphatic rings. The number of hydrogen-bond acceptors (Lipinski definition) is 5. The summed E-state index contributed by atoms with van der Waals surface area (Å²) in [5, 5.41) is 11.4. The fourth-order valence-corrected chi connectivity index (χ4v) is 4.86. The average molecular weight is 522 g/mol. The van der Waals surface area contributed by atoms with Gasteiger partial charge in [-0.3, -0.25) is 9.59 Å². The third-order valence-corrected chi connectivity index (χ3v) is 6.98. The molecule has 6 nitrogen and oxygen atoms in total. The lowest BCUT2D eigenvalue weighted by Gasteiger charge is -2.25. The van der Waals surface area contributed by atoms with Crippen LogP contribution < -0.4 is 4.74 Å². The van der Waals surface area contributed by atoms with Crippen LogP contribution >= 0.6 is 0 Å². The summed E-state index contributed by atoms with van der Waals surface area (Å²) in [5.74, 6) is -0.109. The molecular weight excluding hydrogens is 490 g/mol. The van der Waals surface area contributed by atoms with Gasteiger partial charge in [-0.15, -0.1) is 0 Å². The van der Waals surface area contributed by atoms with E-state index in [-0.39, 0.29) is 17.9 Å². The SMILES string of the molecule is Cc1cccc(COc2ccc(C(O)=C3C(=O)C(=O)N(Cc4ccco4)C3c3ccc(C(C)C)cc3)cc2)c1. The predicted molar refractivity (Wildman–Crippen MR) is 149 cm³/mol. The lowest BCUT2D eigenvalue weighted by Crippen LogP contribution is -2.29. The summed E-state index contributed by atoms with van der Waals surface area (Å²) in [5.41, 5.74) is 4.58. The number of carbonyl (C=O) groups is 2. The van der Waals surface area contributed by atoms with E-state index < -0.39 is 17.7 Å². The molecule has 1 N–H and O–H groups in total. The summed E-state index contributed by atoms with van der Waals surface area (Å²) in [6.45, 7) is 6.76. The molecule has 0 bridgehead atoms. The Morgan fingerprint density at radius 3 is 2.36 bits per heavy atom. The quantitative estimate of drug-likeness (QED) is 0.155. The number of aliphatic hydroxyl groups excluding tert-OH is 1. The van der Waals surface area contributed by atoms with Gasteiger partial charge in [0, 0.05) is 5.56 Å². The number of aliphatic hydroxyl groups is 1. The Balaban J connectivity index is 1.47. The Morgan fingerprint density at radius 2 is 1.72 bits per heavy atom. The number of Topliss-reactive ketones (excluding diaryl/α,β-unsaturated/α-hetero) is 1. The minimum Gasteiger partial charge on any atom is -0.507 e. The molecule has 2 heterocycles. The Labute approximate surface area is 228 Å². The van der Waals surface area contributed by atoms with Crippen LogP contribution in [0, 0.1) is 6.92 Å². The number of amides is 1. The Morgan fingerprint density at radius 1 is 0.974 bits per heavy atom. The van der Waals surface area contributed by atoms with Crippen molar-refractivity contribution in [2.24, 2.45) is 0 Å². The zero-order valence-electron chi connectivity index (χ0n) is 22.3. The summed E-state index contributed by atoms with van der Waals surface area (Å²) in [7, 11) is 0. The van der Waals surface area contributed by atoms with Gasteiger partial charge in [0.2, 0.25) is 0 Å². The molecule has 0 saturated carbocycles. The van der Waals surface area contributed by atoms with Gasteiger partial charge in [-0.05, 0) is 65.9 Å². The van der Waals surface area contributed by atoms with Crippen molar-refractivity contribution in [3.63, 3.8) is 0 Å². The zero-order valence-corrected chi connectivity index (χ0v) is 22.3. The molecule has 5 rings (SSSR count). The number of hydrogen-bond donors (Lipinski definition) is 1. The summed E-state index contributed by atoms with van der Waals surface area (Å²) in [4.78, 5) is 28.0. The molecular formula is C33H31NO5. The third kappa shape index (κ3) is 5.50. The largest absolute Gasteiger partial charge is 0.507 e. The molecule has 39 heavy (non-hydrogen) atoms. The number of aryl methyl sites for hydroxylation is 1. The highest BCUT2D eigenvalue weighted by Gasteiger charge is 2.46. The number of nitrogens with zero attached hydrogens (tertiary/aromatic N) is 1. The lowest BCUT2D eigenvalue weighted by molar-refractivity contribution is -0.140. The van der Waals surface area contributed by atoms with Crippen LogP contribution in [-0.2, 0) is 22.7 Å². The van der Waals surface area contributed by atoms with Gasteiger partial charge in [0.1, 0.15) is 23.9 Å². The summed E-state index contributed by atoms with van der Waals surface area (Å²) in [6.07, 6.45) is 1.53. The normalized spacial score (nSPS) is 16.7. The average Bonchev–Trinajstić information content (AvgIpc) is 3.54. The van der Waals surface area contributed by atoms with Crippen molar-refractivity contribution in [1.29, 1.82) is 0 Å². The van der Waals surface area contributed by atoms with Crippen LogP contribution in [0.4, 0.5) is 0 Å². The van der Waals surface area contributed by atoms with E-state index >= 15 is 0 Å². The van der Waals surface area contributed by atoms with Gasteiger partial charge in [-0.25, -0.2) is 0 Å². The molecule has 4 aromatic rings. The van der Waals surface area contributed by atoms with E-state index in [2.05, 4.69) is 19.9 Å². The van der Waals surface area contributed by atoms with E-state index in [1.54, 1.807) is 36.4 Å². The monoisotopic (exact) mass is 521 g/mol. The molecule has 1 atom stereocenters. The third-order valence-electron chi connectivity index (χ3n) is 6.98. The van der Waals surface area contributed by atoms with Crippen molar-refractivity contribution in [2.75, 3.05) is 0 Å². The highest BCUT2D eigenvalue weighted by molar-refractivity contribution is 6.46. The van der Waals surface area contributed by atoms with Crippen LogP contribution in [0.3, 0.4) is 0 Å². The summed E-state index contributed by atoms with van der Waals surface area (Å²) < 4.78 is 11.4. The van der Waals surface area contributed by atoms with Gasteiger partial charge in [0.25, 0.3) is 11.7 Å². The maximum absolute atomic E-state index is 13.3. The van der Waals surface area contributed by atoms with E-state index in [1.807, 2.05) is 49.4 Å². The first kappa shape index (κ1) is 26.0. The van der Waals surface area contributed by atoms with Crippen molar-refractivity contribution in [3.8, 4) is 5.75 Å². The van der Waals surface area contributed by atoms with E-state index in [4.69, 9.17) is 9.15 Å². The number of furan rings is 1. The zero-order chi connectivity index (χ0) is 27.5. The summed E-state index contributed by atoms with van der Waals surface area (Å²) in [6, 6.07) is 25.5. The Kier molecular flexibility index (Phi) is 7.37. The molecule has 1 unspecified atom stereocenters. The van der Waals surface area contributed by atoms with E-state index in [0.29, 0.717) is 29.6 Å². The molecule has 0 radical (unpaired) electrons. The van der Waals surface area contributed by atoms with Crippen molar-refractivity contribution >= 4 is 17.4 Å². The first-order chi connectivity index (χ1) is 18.8. The molecule has 0 aliphatic carbocycles. The number of rotatable bonds is 8. The topological polar surface area (TPSA) is 80.0 Å². The lowest BCUT2D eigenvalue weighted by atomic mass is 9.93. The van der Waals surface area contributed by atoms with Gasteiger partial charge in [-0.1, -0.05) is 67.9 Å². The van der Waals surface area contributed by atoms with Gasteiger partial charge in [-0.2, -0.15) is 0 Å². The second-order valence-electron chi connectivity index (χ2n) is 10.1. The second-order valence-corrected chi connectivity index (χ2v) is 10.1. The van der Waals surface area contributed by atoms with Gasteiger partial charge >= 0.3 is 0 Å². The number of ether oxygens (including phenoxy) is 1. The molecule has 1 saturated heterocycles. The van der Waals surface area contributed by atoms with Gasteiger partial charge < -0.3 is 19.2 Å². The molecule has 3 aromatic carbocycles. The first-order valence-electron chi connectivity index (χ1n) is 13.0. The van der Waals surface area contributed by atoms with Gasteiger partial charge in [0.05, 0.1) is 24.4 Å². The van der Waals surface area contributed by atoms with Crippen molar-refractivity contribution < 1.29 is 23.8 Å². The standard InChI is InChI=1S/C33H31NO5/c1-21(2)24-9-11-25(12-10-24)30-29(32(36)33(37)34(30)19-28-8-5-17-38-28)31(35)26-13-15-27(16-14-26)39-20-23-7-4-6-22(3)18-23/h4-18,21,30,35H,19-20H2,1-3H3. The van der Waals surface area contributed by atoms with Crippen molar-refractivity contribution in [3.05, 3.63) is 130 Å². The van der Waals surface area contributed by atoms with Crippen molar-refractivity contribution in [1.82, 2.24) is 4.90 Å². The molecule has 0 spiro atoms. The molecule has 1 aromatic heterocycles. The highest BCUT2D eigenvalue weighted by Crippen LogP contribution is 2.40. The minimum absolute atomic E-state index is 0.0530. The number of carbonyl (C=O) groups excluding carboxylic acids is 2. The summed E-state index contributed by atoms with van der Waals surface area (Å²) >= 11 is 0. The predicted octanol–water partition coefficient (Wildman–Crippen LogP) is 6.91. The van der Waals surface area contributed by atoms with Crippen LogP contribution in [0.15, 0.2) is 101 Å². The number of likely N-dealkylation sites (tertiary alicyclic amines) is 1.